The molecule has 1 heterocycles. The van der Waals surface area contributed by atoms with Crippen LogP contribution >= 0.6 is 0 Å². The Kier molecular flexibility index (Phi) is 5.65. The molecule has 0 radical (unpaired) electrons. The molecule has 1 aliphatic rings. The largest absolute Gasteiger partial charge is 0.356 e. The number of guanidine groups is 1. The SMILES string of the molecule is CCCCNC(=NCC(=O)N(C)C)N1CC(C)(C)C1(C)C. The van der Waals surface area contributed by atoms with Gasteiger partial charge in [0.2, 0.25) is 5.91 Å². The second-order valence-corrected chi connectivity index (χ2v) is 7.24. The maximum Gasteiger partial charge on any atom is 0.243 e. The Morgan fingerprint density at radius 3 is 2.33 bits per heavy atom. The first-order chi connectivity index (χ1) is 9.63. The van der Waals surface area contributed by atoms with Gasteiger partial charge in [0.15, 0.2) is 5.96 Å². The molecule has 1 rings (SSSR count). The van der Waals surface area contributed by atoms with Crippen LogP contribution in [-0.2, 0) is 4.79 Å². The number of nitrogens with zero attached hydrogens (tertiary/aromatic N) is 3. The fourth-order valence-corrected chi connectivity index (χ4v) is 2.30. The van der Waals surface area contributed by atoms with Crippen LogP contribution in [0.2, 0.25) is 0 Å². The van der Waals surface area contributed by atoms with Crippen LogP contribution in [0, 0.1) is 5.41 Å². The molecule has 0 aromatic carbocycles. The molecule has 0 atom stereocenters. The van der Waals surface area contributed by atoms with Crippen molar-refractivity contribution in [1.29, 1.82) is 0 Å². The molecule has 0 aromatic rings. The zero-order valence-corrected chi connectivity index (χ0v) is 14.8. The van der Waals surface area contributed by atoms with Crippen molar-refractivity contribution in [1.82, 2.24) is 15.1 Å². The molecule has 0 saturated carbocycles. The smallest absolute Gasteiger partial charge is 0.243 e. The van der Waals surface area contributed by atoms with E-state index < -0.39 is 0 Å². The summed E-state index contributed by atoms with van der Waals surface area (Å²) in [5.74, 6) is 0.894. The Morgan fingerprint density at radius 1 is 1.29 bits per heavy atom. The highest BCUT2D eigenvalue weighted by atomic mass is 16.2. The third-order valence-electron chi connectivity index (χ3n) is 4.82. The number of aliphatic imine (C=N–C) groups is 1. The Morgan fingerprint density at radius 2 is 1.90 bits per heavy atom. The monoisotopic (exact) mass is 296 g/mol. The molecule has 0 aromatic heterocycles. The average Bonchev–Trinajstić information content (AvgIpc) is 2.40. The molecule has 0 unspecified atom stereocenters. The maximum atomic E-state index is 11.8. The van der Waals surface area contributed by atoms with E-state index in [9.17, 15) is 4.79 Å². The first-order valence-electron chi connectivity index (χ1n) is 7.89. The third kappa shape index (κ3) is 3.89. The van der Waals surface area contributed by atoms with E-state index in [2.05, 4.69) is 49.8 Å². The van der Waals surface area contributed by atoms with Gasteiger partial charge in [-0.05, 0) is 20.3 Å². The normalized spacial score (nSPS) is 20.0. The first kappa shape index (κ1) is 17.8. The summed E-state index contributed by atoms with van der Waals surface area (Å²) in [6.07, 6.45) is 2.25. The summed E-state index contributed by atoms with van der Waals surface area (Å²) in [6.45, 7) is 13.3. The Hall–Kier alpha value is -1.26. The average molecular weight is 296 g/mol. The summed E-state index contributed by atoms with van der Waals surface area (Å²) in [5.41, 5.74) is 0.304. The lowest BCUT2D eigenvalue weighted by atomic mass is 9.65. The highest BCUT2D eigenvalue weighted by Gasteiger charge is 2.53. The van der Waals surface area contributed by atoms with E-state index in [1.807, 2.05) is 0 Å². The van der Waals surface area contributed by atoms with Crippen molar-refractivity contribution < 1.29 is 4.79 Å². The molecule has 0 aliphatic carbocycles. The van der Waals surface area contributed by atoms with E-state index in [1.54, 1.807) is 19.0 Å². The lowest BCUT2D eigenvalue weighted by molar-refractivity contribution is -0.127. The van der Waals surface area contributed by atoms with Gasteiger partial charge in [0.25, 0.3) is 0 Å². The Bertz CT molecular complexity index is 399. The zero-order chi connectivity index (χ0) is 16.3. The molecule has 0 bridgehead atoms. The van der Waals surface area contributed by atoms with Gasteiger partial charge in [0.05, 0.1) is 0 Å². The maximum absolute atomic E-state index is 11.8. The molecule has 1 N–H and O–H groups in total. The number of rotatable bonds is 5. The summed E-state index contributed by atoms with van der Waals surface area (Å²) in [5, 5.41) is 3.42. The minimum atomic E-state index is 0.0300. The molecule has 1 aliphatic heterocycles. The van der Waals surface area contributed by atoms with E-state index in [0.29, 0.717) is 0 Å². The van der Waals surface area contributed by atoms with Crippen LogP contribution in [-0.4, -0.2) is 60.9 Å². The number of amides is 1. The van der Waals surface area contributed by atoms with Crippen molar-refractivity contribution in [3.05, 3.63) is 0 Å². The standard InChI is InChI=1S/C16H32N4O/c1-8-9-10-17-14(18-11-13(21)19(6)7)20-12-15(2,3)16(20,4)5/h8-12H2,1-7H3,(H,17,18). The summed E-state index contributed by atoms with van der Waals surface area (Å²) in [7, 11) is 3.53. The summed E-state index contributed by atoms with van der Waals surface area (Å²) >= 11 is 0. The lowest BCUT2D eigenvalue weighted by Crippen LogP contribution is -2.72. The van der Waals surface area contributed by atoms with Gasteiger partial charge in [-0.25, -0.2) is 4.99 Å². The fraction of sp³-hybridized carbons (Fsp3) is 0.875. The van der Waals surface area contributed by atoms with Gasteiger partial charge in [0, 0.05) is 38.1 Å². The number of carbonyl (C=O) groups excluding carboxylic acids is 1. The molecule has 0 spiro atoms. The van der Waals surface area contributed by atoms with Crippen LogP contribution in [0.15, 0.2) is 4.99 Å². The van der Waals surface area contributed by atoms with E-state index in [-0.39, 0.29) is 23.4 Å². The van der Waals surface area contributed by atoms with Crippen LogP contribution in [0.3, 0.4) is 0 Å². The molecule has 5 nitrogen and oxygen atoms in total. The number of nitrogens with one attached hydrogen (secondary N) is 1. The summed E-state index contributed by atoms with van der Waals surface area (Å²) < 4.78 is 0. The van der Waals surface area contributed by atoms with Crippen molar-refractivity contribution in [2.45, 2.75) is 53.0 Å². The van der Waals surface area contributed by atoms with E-state index in [0.717, 1.165) is 31.9 Å². The van der Waals surface area contributed by atoms with Crippen LogP contribution in [0.25, 0.3) is 0 Å². The predicted molar refractivity (Wildman–Crippen MR) is 88.5 cm³/mol. The van der Waals surface area contributed by atoms with Crippen LogP contribution in [0.5, 0.6) is 0 Å². The Labute approximate surface area is 129 Å². The number of likely N-dealkylation sites (tertiary alicyclic amines) is 1. The highest BCUT2D eigenvalue weighted by molar-refractivity contribution is 5.86. The fourth-order valence-electron chi connectivity index (χ4n) is 2.30. The van der Waals surface area contributed by atoms with Gasteiger partial charge in [-0.1, -0.05) is 27.2 Å². The third-order valence-corrected chi connectivity index (χ3v) is 4.82. The van der Waals surface area contributed by atoms with Crippen LogP contribution < -0.4 is 5.32 Å². The van der Waals surface area contributed by atoms with Gasteiger partial charge in [-0.3, -0.25) is 4.79 Å². The topological polar surface area (TPSA) is 47.9 Å². The van der Waals surface area contributed by atoms with Gasteiger partial charge >= 0.3 is 0 Å². The van der Waals surface area contributed by atoms with Crippen molar-refractivity contribution in [2.75, 3.05) is 33.7 Å². The van der Waals surface area contributed by atoms with Gasteiger partial charge in [-0.15, -0.1) is 0 Å². The Balaban J connectivity index is 2.79. The minimum Gasteiger partial charge on any atom is -0.356 e. The number of unbranched alkanes of at least 4 members (excludes halogenated alkanes) is 1. The van der Waals surface area contributed by atoms with Gasteiger partial charge in [0.1, 0.15) is 6.54 Å². The van der Waals surface area contributed by atoms with Crippen molar-refractivity contribution in [2.24, 2.45) is 10.4 Å². The molecule has 1 amide bonds. The van der Waals surface area contributed by atoms with Crippen molar-refractivity contribution >= 4 is 11.9 Å². The van der Waals surface area contributed by atoms with E-state index in [4.69, 9.17) is 0 Å². The van der Waals surface area contributed by atoms with E-state index in [1.165, 1.54) is 0 Å². The van der Waals surface area contributed by atoms with Crippen molar-refractivity contribution in [3.63, 3.8) is 0 Å². The number of carbonyl (C=O) groups is 1. The second-order valence-electron chi connectivity index (χ2n) is 7.24. The number of likely N-dealkylation sites (N-methyl/N-ethyl adjacent to an activating group) is 1. The van der Waals surface area contributed by atoms with E-state index >= 15 is 0 Å². The summed E-state index contributed by atoms with van der Waals surface area (Å²) in [6, 6.07) is 0. The molecule has 122 valence electrons. The molecular weight excluding hydrogens is 264 g/mol. The highest BCUT2D eigenvalue weighted by Crippen LogP contribution is 2.46. The molecule has 1 saturated heterocycles. The molecular formula is C16H32N4O. The minimum absolute atomic E-state index is 0.0300. The number of hydrogen-bond donors (Lipinski definition) is 1. The zero-order valence-electron chi connectivity index (χ0n) is 14.8. The first-order valence-corrected chi connectivity index (χ1v) is 7.89. The van der Waals surface area contributed by atoms with Gasteiger partial charge < -0.3 is 15.1 Å². The molecule has 1 fully saturated rings. The van der Waals surface area contributed by atoms with Crippen LogP contribution in [0.4, 0.5) is 0 Å². The molecule has 5 heteroatoms. The quantitative estimate of drug-likeness (QED) is 0.479. The molecule has 21 heavy (non-hydrogen) atoms. The van der Waals surface area contributed by atoms with Gasteiger partial charge in [-0.2, -0.15) is 0 Å². The second kappa shape index (κ2) is 6.67. The van der Waals surface area contributed by atoms with Crippen LogP contribution in [0.1, 0.15) is 47.5 Å². The predicted octanol–water partition coefficient (Wildman–Crippen LogP) is 1.94. The summed E-state index contributed by atoms with van der Waals surface area (Å²) in [4.78, 5) is 20.2. The van der Waals surface area contributed by atoms with Crippen molar-refractivity contribution in [3.8, 4) is 0 Å². The number of hydrogen-bond acceptors (Lipinski definition) is 2. The lowest BCUT2D eigenvalue weighted by Gasteiger charge is -2.62.